The molecular weight excluding hydrogens is 349 g/mol. The Kier molecular flexibility index (Phi) is 4.79. The molecule has 1 aromatic carbocycles. The van der Waals surface area contributed by atoms with Gasteiger partial charge in [-0.25, -0.2) is 9.18 Å². The molecule has 1 fully saturated rings. The van der Waals surface area contributed by atoms with Crippen molar-refractivity contribution in [1.82, 2.24) is 20.8 Å². The summed E-state index contributed by atoms with van der Waals surface area (Å²) in [7, 11) is 1.69. The fourth-order valence-corrected chi connectivity index (χ4v) is 2.47. The summed E-state index contributed by atoms with van der Waals surface area (Å²) in [4.78, 5) is 17.4. The number of halogens is 1. The largest absolute Gasteiger partial charge is 0.442 e. The van der Waals surface area contributed by atoms with Crippen LogP contribution in [0, 0.1) is 12.7 Å². The molecule has 1 atom stereocenters. The molecule has 1 aromatic heterocycles. The molecule has 1 aliphatic rings. The maximum Gasteiger partial charge on any atom is 0.414 e. The van der Waals surface area contributed by atoms with E-state index >= 15 is 0 Å². The van der Waals surface area contributed by atoms with Gasteiger partial charge >= 0.3 is 6.09 Å². The number of nitrogens with one attached hydrogen (secondary N) is 2. The topological polar surface area (TPSA) is 92.5 Å². The number of hydrogen-bond donors (Lipinski definition) is 2. The van der Waals surface area contributed by atoms with Gasteiger partial charge in [-0.15, -0.1) is 0 Å². The third-order valence-electron chi connectivity index (χ3n) is 3.61. The van der Waals surface area contributed by atoms with Gasteiger partial charge in [-0.3, -0.25) is 4.90 Å². The van der Waals surface area contributed by atoms with E-state index in [2.05, 4.69) is 20.8 Å². The van der Waals surface area contributed by atoms with Gasteiger partial charge in [0, 0.05) is 7.05 Å². The number of benzene rings is 1. The predicted octanol–water partition coefficient (Wildman–Crippen LogP) is 1.60. The molecule has 2 aromatic rings. The highest BCUT2D eigenvalue weighted by atomic mass is 32.1. The maximum absolute atomic E-state index is 14.4. The van der Waals surface area contributed by atoms with Gasteiger partial charge in [0.05, 0.1) is 24.3 Å². The summed E-state index contributed by atoms with van der Waals surface area (Å²) in [5.41, 5.74) is 0.565. The first kappa shape index (κ1) is 17.1. The van der Waals surface area contributed by atoms with Crippen molar-refractivity contribution in [2.45, 2.75) is 13.0 Å². The number of cyclic esters (lactones) is 1. The number of rotatable bonds is 4. The zero-order valence-electron chi connectivity index (χ0n) is 13.6. The second kappa shape index (κ2) is 7.01. The average molecular weight is 365 g/mol. The fraction of sp³-hybridized carbons (Fsp3) is 0.333. The monoisotopic (exact) mass is 365 g/mol. The molecule has 1 saturated heterocycles. The zero-order chi connectivity index (χ0) is 18.0. The summed E-state index contributed by atoms with van der Waals surface area (Å²) in [6.07, 6.45) is -0.928. The van der Waals surface area contributed by atoms with E-state index in [9.17, 15) is 9.18 Å². The van der Waals surface area contributed by atoms with E-state index in [0.717, 1.165) is 0 Å². The highest BCUT2D eigenvalue weighted by molar-refractivity contribution is 7.80. The Labute approximate surface area is 148 Å². The van der Waals surface area contributed by atoms with E-state index in [1.165, 1.54) is 17.0 Å². The minimum absolute atomic E-state index is 0.0909. The standard InChI is InChI=1S/C15H16FN5O3S/c1-8-19-13(24-20-8)11-4-3-9(5-12(11)16)21-7-10(23-15(21)22)6-18-14(25)17-2/h3-5,10H,6-7H2,1-2H3,(H2,17,18,25)/t10-/m1/s1. The summed E-state index contributed by atoms with van der Waals surface area (Å²) in [5.74, 6) is -0.0588. The lowest BCUT2D eigenvalue weighted by molar-refractivity contribution is 0.143. The van der Waals surface area contributed by atoms with Crippen LogP contribution in [0.15, 0.2) is 22.7 Å². The molecule has 2 N–H and O–H groups in total. The van der Waals surface area contributed by atoms with E-state index in [1.807, 2.05) is 0 Å². The van der Waals surface area contributed by atoms with E-state index in [4.69, 9.17) is 21.5 Å². The summed E-state index contributed by atoms with van der Waals surface area (Å²) >= 11 is 4.98. The van der Waals surface area contributed by atoms with Crippen molar-refractivity contribution in [3.8, 4) is 11.5 Å². The molecule has 8 nitrogen and oxygen atoms in total. The summed E-state index contributed by atoms with van der Waals surface area (Å²) in [6.45, 7) is 2.30. The number of aromatic nitrogens is 2. The summed E-state index contributed by atoms with van der Waals surface area (Å²) in [5, 5.41) is 9.79. The number of carbonyl (C=O) groups is 1. The van der Waals surface area contributed by atoms with Crippen molar-refractivity contribution in [1.29, 1.82) is 0 Å². The maximum atomic E-state index is 14.4. The van der Waals surface area contributed by atoms with E-state index < -0.39 is 11.9 Å². The van der Waals surface area contributed by atoms with Crippen LogP contribution < -0.4 is 15.5 Å². The van der Waals surface area contributed by atoms with Crippen LogP contribution in [0.5, 0.6) is 0 Å². The second-order valence-corrected chi connectivity index (χ2v) is 5.80. The smallest absolute Gasteiger partial charge is 0.414 e. The number of ether oxygens (including phenoxy) is 1. The van der Waals surface area contributed by atoms with Gasteiger partial charge in [0.25, 0.3) is 5.89 Å². The Balaban J connectivity index is 1.72. The van der Waals surface area contributed by atoms with Crippen molar-refractivity contribution >= 4 is 29.1 Å². The fourth-order valence-electron chi connectivity index (χ4n) is 2.39. The molecule has 2 heterocycles. The summed E-state index contributed by atoms with van der Waals surface area (Å²) < 4.78 is 24.6. The molecule has 0 aliphatic carbocycles. The molecule has 0 bridgehead atoms. The van der Waals surface area contributed by atoms with E-state index in [-0.39, 0.29) is 24.1 Å². The van der Waals surface area contributed by atoms with Crippen LogP contribution in [-0.2, 0) is 4.74 Å². The third kappa shape index (κ3) is 3.68. The molecular formula is C15H16FN5O3S. The van der Waals surface area contributed by atoms with Crippen molar-refractivity contribution in [3.05, 3.63) is 29.8 Å². The lowest BCUT2D eigenvalue weighted by Crippen LogP contribution is -2.39. The summed E-state index contributed by atoms with van der Waals surface area (Å²) in [6, 6.07) is 4.34. The van der Waals surface area contributed by atoms with Gasteiger partial charge in [0.2, 0.25) is 0 Å². The van der Waals surface area contributed by atoms with Crippen molar-refractivity contribution in [2.24, 2.45) is 0 Å². The van der Waals surface area contributed by atoms with Crippen LogP contribution in [0.2, 0.25) is 0 Å². The van der Waals surface area contributed by atoms with Crippen LogP contribution in [0.4, 0.5) is 14.9 Å². The molecule has 0 saturated carbocycles. The highest BCUT2D eigenvalue weighted by Crippen LogP contribution is 2.28. The van der Waals surface area contributed by atoms with E-state index in [1.54, 1.807) is 20.0 Å². The van der Waals surface area contributed by atoms with Gasteiger partial charge in [-0.2, -0.15) is 4.98 Å². The van der Waals surface area contributed by atoms with Gasteiger partial charge in [0.15, 0.2) is 10.9 Å². The Morgan fingerprint density at radius 3 is 2.96 bits per heavy atom. The number of hydrogen-bond acceptors (Lipinski definition) is 6. The quantitative estimate of drug-likeness (QED) is 0.790. The highest BCUT2D eigenvalue weighted by Gasteiger charge is 2.32. The Hall–Kier alpha value is -2.75. The van der Waals surface area contributed by atoms with Gasteiger partial charge in [0.1, 0.15) is 11.9 Å². The SMILES string of the molecule is CNC(=S)NC[C@@H]1CN(c2ccc(-c3nc(C)no3)c(F)c2)C(=O)O1. The Morgan fingerprint density at radius 1 is 1.52 bits per heavy atom. The number of carbonyl (C=O) groups excluding carboxylic acids is 1. The minimum Gasteiger partial charge on any atom is -0.442 e. The molecule has 1 aliphatic heterocycles. The van der Waals surface area contributed by atoms with Gasteiger partial charge in [-0.05, 0) is 37.3 Å². The molecule has 132 valence electrons. The number of amides is 1. The zero-order valence-corrected chi connectivity index (χ0v) is 14.4. The molecule has 10 heteroatoms. The van der Waals surface area contributed by atoms with Crippen LogP contribution in [0.1, 0.15) is 5.82 Å². The predicted molar refractivity (Wildman–Crippen MR) is 91.7 cm³/mol. The Bertz CT molecular complexity index is 812. The molecule has 3 rings (SSSR count). The van der Waals surface area contributed by atoms with Crippen molar-refractivity contribution < 1.29 is 18.4 Å². The first-order valence-electron chi connectivity index (χ1n) is 7.52. The van der Waals surface area contributed by atoms with Crippen LogP contribution in [0.3, 0.4) is 0 Å². The van der Waals surface area contributed by atoms with Crippen LogP contribution in [0.25, 0.3) is 11.5 Å². The van der Waals surface area contributed by atoms with Crippen molar-refractivity contribution in [3.63, 3.8) is 0 Å². The van der Waals surface area contributed by atoms with E-state index in [0.29, 0.717) is 23.2 Å². The molecule has 25 heavy (non-hydrogen) atoms. The minimum atomic E-state index is -0.563. The van der Waals surface area contributed by atoms with Crippen molar-refractivity contribution in [2.75, 3.05) is 25.0 Å². The number of aryl methyl sites for hydroxylation is 1. The molecule has 0 spiro atoms. The van der Waals surface area contributed by atoms with Gasteiger partial charge < -0.3 is 19.9 Å². The molecule has 0 radical (unpaired) electrons. The van der Waals surface area contributed by atoms with Crippen LogP contribution >= 0.6 is 12.2 Å². The number of thiocarbonyl (C=S) groups is 1. The second-order valence-electron chi connectivity index (χ2n) is 5.39. The lowest BCUT2D eigenvalue weighted by atomic mass is 10.1. The molecule has 1 amide bonds. The average Bonchev–Trinajstić information content (AvgIpc) is 3.18. The Morgan fingerprint density at radius 2 is 2.32 bits per heavy atom. The molecule has 0 unspecified atom stereocenters. The first-order chi connectivity index (χ1) is 12.0. The first-order valence-corrected chi connectivity index (χ1v) is 7.92. The van der Waals surface area contributed by atoms with Crippen LogP contribution in [-0.4, -0.2) is 47.6 Å². The van der Waals surface area contributed by atoms with Gasteiger partial charge in [-0.1, -0.05) is 5.16 Å². The number of nitrogens with zero attached hydrogens (tertiary/aromatic N) is 3. The third-order valence-corrected chi connectivity index (χ3v) is 3.96. The number of anilines is 1. The normalized spacial score (nSPS) is 16.7. The lowest BCUT2D eigenvalue weighted by Gasteiger charge is -2.14.